The molecule has 1 N–H and O–H groups in total. The van der Waals surface area contributed by atoms with E-state index in [2.05, 4.69) is 26.1 Å². The predicted octanol–water partition coefficient (Wildman–Crippen LogP) is 3.00. The second-order valence-corrected chi connectivity index (χ2v) is 5.62. The van der Waals surface area contributed by atoms with Crippen LogP contribution >= 0.6 is 15.9 Å². The van der Waals surface area contributed by atoms with E-state index in [9.17, 15) is 14.5 Å². The first kappa shape index (κ1) is 14.2. The Bertz CT molecular complexity index is 490. The number of nitrogens with zero attached hydrogens (tertiary/aromatic N) is 2. The first-order valence-electron chi connectivity index (χ1n) is 6.06. The monoisotopic (exact) mass is 331 g/mol. The number of piperidine rings is 1. The number of hydrogen-bond donors (Lipinski definition) is 1. The number of anilines is 1. The molecule has 0 aromatic heterocycles. The van der Waals surface area contributed by atoms with Crippen LogP contribution in [0.5, 0.6) is 0 Å². The van der Waals surface area contributed by atoms with Gasteiger partial charge in [0.25, 0.3) is 5.69 Å². The van der Waals surface area contributed by atoms with E-state index in [0.29, 0.717) is 0 Å². The number of benzene rings is 1. The Kier molecular flexibility index (Phi) is 4.36. The molecule has 0 amide bonds. The van der Waals surface area contributed by atoms with Crippen molar-refractivity contribution in [3.05, 3.63) is 32.5 Å². The maximum atomic E-state index is 13.5. The average Bonchev–Trinajstić information content (AvgIpc) is 2.36. The van der Waals surface area contributed by atoms with E-state index in [1.807, 2.05) is 7.05 Å². The molecule has 1 aliphatic heterocycles. The molecule has 0 spiro atoms. The summed E-state index contributed by atoms with van der Waals surface area (Å²) in [6.45, 7) is 1.87. The third kappa shape index (κ3) is 3.42. The highest BCUT2D eigenvalue weighted by Crippen LogP contribution is 2.31. The number of halogens is 2. The van der Waals surface area contributed by atoms with Crippen molar-refractivity contribution in [3.8, 4) is 0 Å². The van der Waals surface area contributed by atoms with Crippen molar-refractivity contribution in [2.45, 2.75) is 18.9 Å². The lowest BCUT2D eigenvalue weighted by Gasteiger charge is -2.30. The molecule has 0 bridgehead atoms. The fourth-order valence-corrected chi connectivity index (χ4v) is 2.51. The Balaban J connectivity index is 2.19. The highest BCUT2D eigenvalue weighted by molar-refractivity contribution is 9.10. The fourth-order valence-electron chi connectivity index (χ4n) is 2.18. The minimum Gasteiger partial charge on any atom is -0.377 e. The number of nitrogens with one attached hydrogen (secondary N) is 1. The van der Waals surface area contributed by atoms with Crippen LogP contribution in [0.1, 0.15) is 12.8 Å². The topological polar surface area (TPSA) is 58.4 Å². The number of hydrogen-bond acceptors (Lipinski definition) is 4. The second-order valence-electron chi connectivity index (χ2n) is 4.76. The highest BCUT2D eigenvalue weighted by Gasteiger charge is 2.22. The van der Waals surface area contributed by atoms with Crippen molar-refractivity contribution in [2.75, 3.05) is 25.5 Å². The van der Waals surface area contributed by atoms with Crippen LogP contribution in [-0.2, 0) is 0 Å². The van der Waals surface area contributed by atoms with E-state index in [0.717, 1.165) is 25.9 Å². The number of nitro groups is 1. The summed E-state index contributed by atoms with van der Waals surface area (Å²) >= 11 is 2.97. The molecule has 104 valence electrons. The van der Waals surface area contributed by atoms with Crippen molar-refractivity contribution in [3.63, 3.8) is 0 Å². The molecule has 0 unspecified atom stereocenters. The molecule has 1 aromatic rings. The summed E-state index contributed by atoms with van der Waals surface area (Å²) in [4.78, 5) is 12.7. The highest BCUT2D eigenvalue weighted by atomic mass is 79.9. The Morgan fingerprint density at radius 2 is 2.11 bits per heavy atom. The lowest BCUT2D eigenvalue weighted by molar-refractivity contribution is -0.384. The van der Waals surface area contributed by atoms with E-state index < -0.39 is 10.7 Å². The van der Waals surface area contributed by atoms with E-state index in [1.54, 1.807) is 0 Å². The summed E-state index contributed by atoms with van der Waals surface area (Å²) in [5, 5.41) is 14.1. The fraction of sp³-hybridized carbons (Fsp3) is 0.500. The summed E-state index contributed by atoms with van der Waals surface area (Å²) in [5.74, 6) is -0.499. The molecule has 1 fully saturated rings. The molecule has 5 nitrogen and oxygen atoms in total. The van der Waals surface area contributed by atoms with Gasteiger partial charge in [-0.2, -0.15) is 0 Å². The summed E-state index contributed by atoms with van der Waals surface area (Å²) in [6, 6.07) is 2.53. The van der Waals surface area contributed by atoms with Gasteiger partial charge in [-0.15, -0.1) is 0 Å². The van der Waals surface area contributed by atoms with Crippen molar-refractivity contribution >= 4 is 27.3 Å². The maximum absolute atomic E-state index is 13.5. The van der Waals surface area contributed by atoms with E-state index in [-0.39, 0.29) is 21.9 Å². The molecule has 0 saturated carbocycles. The molecule has 2 rings (SSSR count). The van der Waals surface area contributed by atoms with Crippen LogP contribution in [-0.4, -0.2) is 36.0 Å². The zero-order chi connectivity index (χ0) is 14.0. The second kappa shape index (κ2) is 5.83. The van der Waals surface area contributed by atoms with Gasteiger partial charge in [0.1, 0.15) is 11.5 Å². The first-order chi connectivity index (χ1) is 8.97. The Morgan fingerprint density at radius 1 is 1.47 bits per heavy atom. The molecule has 1 heterocycles. The minimum atomic E-state index is -0.499. The van der Waals surface area contributed by atoms with Gasteiger partial charge in [0.2, 0.25) is 0 Å². The normalized spacial score (nSPS) is 17.4. The quantitative estimate of drug-likeness (QED) is 0.683. The largest absolute Gasteiger partial charge is 0.377 e. The molecule has 0 atom stereocenters. The molecular formula is C12H15BrFN3O2. The van der Waals surface area contributed by atoms with Crippen LogP contribution < -0.4 is 5.32 Å². The van der Waals surface area contributed by atoms with Gasteiger partial charge in [-0.05, 0) is 48.9 Å². The van der Waals surface area contributed by atoms with Gasteiger partial charge < -0.3 is 10.2 Å². The van der Waals surface area contributed by atoms with Crippen molar-refractivity contribution < 1.29 is 9.31 Å². The van der Waals surface area contributed by atoms with Crippen LogP contribution in [0.4, 0.5) is 15.8 Å². The SMILES string of the molecule is CN1CCC(Nc2cc(F)c(Br)cc2[N+](=O)[O-])CC1. The molecule has 0 radical (unpaired) electrons. The lowest BCUT2D eigenvalue weighted by atomic mass is 10.0. The van der Waals surface area contributed by atoms with Gasteiger partial charge in [-0.25, -0.2) is 4.39 Å². The molecule has 1 aliphatic rings. The van der Waals surface area contributed by atoms with Crippen LogP contribution in [0.15, 0.2) is 16.6 Å². The molecular weight excluding hydrogens is 317 g/mol. The number of nitro benzene ring substituents is 1. The van der Waals surface area contributed by atoms with E-state index in [1.165, 1.54) is 12.1 Å². The standard InChI is InChI=1S/C12H15BrFN3O2/c1-16-4-2-8(3-5-16)15-11-7-10(14)9(13)6-12(11)17(18)19/h6-8,15H,2-5H2,1H3. The van der Waals surface area contributed by atoms with Crippen molar-refractivity contribution in [1.82, 2.24) is 4.90 Å². The number of likely N-dealkylation sites (tertiary alicyclic amines) is 1. The van der Waals surface area contributed by atoms with Gasteiger partial charge in [0, 0.05) is 18.2 Å². The zero-order valence-corrected chi connectivity index (χ0v) is 12.1. The van der Waals surface area contributed by atoms with E-state index >= 15 is 0 Å². The van der Waals surface area contributed by atoms with Crippen LogP contribution in [0.2, 0.25) is 0 Å². The van der Waals surface area contributed by atoms with Gasteiger partial charge in [0.15, 0.2) is 0 Å². The van der Waals surface area contributed by atoms with Crippen molar-refractivity contribution in [2.24, 2.45) is 0 Å². The molecule has 0 aliphatic carbocycles. The summed E-state index contributed by atoms with van der Waals surface area (Å²) in [7, 11) is 2.04. The molecule has 1 aromatic carbocycles. The van der Waals surface area contributed by atoms with Gasteiger partial charge >= 0.3 is 0 Å². The maximum Gasteiger partial charge on any atom is 0.293 e. The van der Waals surface area contributed by atoms with Gasteiger partial charge in [-0.3, -0.25) is 10.1 Å². The molecule has 1 saturated heterocycles. The summed E-state index contributed by atoms with van der Waals surface area (Å²) in [6.07, 6.45) is 1.79. The van der Waals surface area contributed by atoms with Crippen LogP contribution in [0, 0.1) is 15.9 Å². The smallest absolute Gasteiger partial charge is 0.293 e. The van der Waals surface area contributed by atoms with Crippen LogP contribution in [0.3, 0.4) is 0 Å². The molecule has 7 heteroatoms. The Hall–Kier alpha value is -1.21. The Morgan fingerprint density at radius 3 is 2.68 bits per heavy atom. The third-order valence-electron chi connectivity index (χ3n) is 3.31. The minimum absolute atomic E-state index is 0.104. The van der Waals surface area contributed by atoms with Gasteiger partial charge in [-0.1, -0.05) is 0 Å². The molecule has 19 heavy (non-hydrogen) atoms. The summed E-state index contributed by atoms with van der Waals surface area (Å²) < 4.78 is 13.6. The third-order valence-corrected chi connectivity index (χ3v) is 3.92. The summed E-state index contributed by atoms with van der Waals surface area (Å²) in [5.41, 5.74) is 0.146. The first-order valence-corrected chi connectivity index (χ1v) is 6.85. The van der Waals surface area contributed by atoms with Gasteiger partial charge in [0.05, 0.1) is 9.40 Å². The lowest BCUT2D eigenvalue weighted by Crippen LogP contribution is -2.36. The van der Waals surface area contributed by atoms with Crippen molar-refractivity contribution in [1.29, 1.82) is 0 Å². The number of rotatable bonds is 3. The average molecular weight is 332 g/mol. The predicted molar refractivity (Wildman–Crippen MR) is 74.9 cm³/mol. The van der Waals surface area contributed by atoms with E-state index in [4.69, 9.17) is 0 Å². The zero-order valence-electron chi connectivity index (χ0n) is 10.5. The van der Waals surface area contributed by atoms with Crippen LogP contribution in [0.25, 0.3) is 0 Å². The Labute approximate surface area is 119 Å².